The molecule has 1 amide bonds. The number of carbonyl (C=O) groups is 1. The second kappa shape index (κ2) is 11.2. The van der Waals surface area contributed by atoms with Crippen molar-refractivity contribution in [1.82, 2.24) is 25.6 Å². The van der Waals surface area contributed by atoms with Crippen molar-refractivity contribution in [2.24, 2.45) is 0 Å². The van der Waals surface area contributed by atoms with Gasteiger partial charge in [-0.2, -0.15) is 0 Å². The van der Waals surface area contributed by atoms with Gasteiger partial charge < -0.3 is 24.9 Å². The van der Waals surface area contributed by atoms with Crippen LogP contribution in [0.4, 0.5) is 0 Å². The van der Waals surface area contributed by atoms with Gasteiger partial charge in [-0.3, -0.25) is 10.1 Å². The summed E-state index contributed by atoms with van der Waals surface area (Å²) in [6.45, 7) is 5.56. The first-order chi connectivity index (χ1) is 16.8. The SMILES string of the molecule is CC(C)(C)OC(O)N[C@@H](Cc1ccc(Oc2ncnc3[nH]ccc23)cc1)C(=O)NC1CCCCC1. The summed E-state index contributed by atoms with van der Waals surface area (Å²) in [5.41, 5.74) is 1.08. The molecule has 188 valence electrons. The van der Waals surface area contributed by atoms with Crippen molar-refractivity contribution in [3.8, 4) is 11.6 Å². The zero-order valence-electron chi connectivity index (χ0n) is 20.6. The molecule has 1 saturated carbocycles. The van der Waals surface area contributed by atoms with Crippen molar-refractivity contribution in [2.45, 2.75) is 83.4 Å². The van der Waals surface area contributed by atoms with Crippen LogP contribution in [0.2, 0.25) is 0 Å². The molecule has 4 N–H and O–H groups in total. The summed E-state index contributed by atoms with van der Waals surface area (Å²) in [7, 11) is 0. The number of hydrogen-bond donors (Lipinski definition) is 4. The first-order valence-corrected chi connectivity index (χ1v) is 12.2. The van der Waals surface area contributed by atoms with E-state index in [9.17, 15) is 9.90 Å². The number of nitrogens with zero attached hydrogens (tertiary/aromatic N) is 2. The number of nitrogens with one attached hydrogen (secondary N) is 3. The Kier molecular flexibility index (Phi) is 8.00. The molecule has 35 heavy (non-hydrogen) atoms. The lowest BCUT2D eigenvalue weighted by Gasteiger charge is -2.29. The number of aliphatic hydroxyl groups excluding tert-OH is 1. The molecule has 0 aliphatic heterocycles. The van der Waals surface area contributed by atoms with Gasteiger partial charge in [-0.05, 0) is 63.8 Å². The molecular weight excluding hydrogens is 446 g/mol. The van der Waals surface area contributed by atoms with E-state index in [0.717, 1.165) is 36.6 Å². The molecule has 2 atom stereocenters. The highest BCUT2D eigenvalue weighted by molar-refractivity contribution is 5.82. The second-order valence-electron chi connectivity index (χ2n) is 10.0. The average molecular weight is 482 g/mol. The molecule has 9 nitrogen and oxygen atoms in total. The minimum atomic E-state index is -1.26. The lowest BCUT2D eigenvalue weighted by Crippen LogP contribution is -2.53. The maximum absolute atomic E-state index is 13.1. The van der Waals surface area contributed by atoms with Crippen molar-refractivity contribution in [1.29, 1.82) is 0 Å². The molecule has 1 aliphatic carbocycles. The summed E-state index contributed by atoms with van der Waals surface area (Å²) >= 11 is 0. The Bertz CT molecular complexity index is 1100. The molecule has 1 aliphatic rings. The van der Waals surface area contributed by atoms with Crippen LogP contribution in [0.15, 0.2) is 42.9 Å². The molecule has 2 aromatic heterocycles. The number of aliphatic hydroxyl groups is 1. The molecule has 2 heterocycles. The minimum absolute atomic E-state index is 0.135. The number of ether oxygens (including phenoxy) is 2. The fourth-order valence-electron chi connectivity index (χ4n) is 4.29. The van der Waals surface area contributed by atoms with E-state index in [1.807, 2.05) is 51.1 Å². The Labute approximate surface area is 205 Å². The highest BCUT2D eigenvalue weighted by Gasteiger charge is 2.27. The van der Waals surface area contributed by atoms with E-state index in [1.54, 1.807) is 6.20 Å². The summed E-state index contributed by atoms with van der Waals surface area (Å²) in [6, 6.07) is 8.89. The first-order valence-electron chi connectivity index (χ1n) is 12.2. The van der Waals surface area contributed by atoms with Gasteiger partial charge in [0.1, 0.15) is 17.7 Å². The van der Waals surface area contributed by atoms with Crippen LogP contribution in [0, 0.1) is 0 Å². The molecule has 1 unspecified atom stereocenters. The van der Waals surface area contributed by atoms with E-state index in [4.69, 9.17) is 9.47 Å². The molecule has 3 aromatic rings. The molecule has 0 saturated heterocycles. The number of fused-ring (bicyclic) bond motifs is 1. The number of benzene rings is 1. The van der Waals surface area contributed by atoms with Gasteiger partial charge >= 0.3 is 0 Å². The number of hydrogen-bond acceptors (Lipinski definition) is 7. The third-order valence-corrected chi connectivity index (χ3v) is 5.97. The summed E-state index contributed by atoms with van der Waals surface area (Å²) in [4.78, 5) is 24.6. The molecule has 0 bridgehead atoms. The van der Waals surface area contributed by atoms with Gasteiger partial charge in [-0.15, -0.1) is 0 Å². The van der Waals surface area contributed by atoms with Crippen LogP contribution in [-0.4, -0.2) is 50.1 Å². The highest BCUT2D eigenvalue weighted by atomic mass is 16.6. The monoisotopic (exact) mass is 481 g/mol. The number of carbonyl (C=O) groups excluding carboxylic acids is 1. The zero-order valence-corrected chi connectivity index (χ0v) is 20.6. The van der Waals surface area contributed by atoms with Gasteiger partial charge in [0.2, 0.25) is 18.2 Å². The van der Waals surface area contributed by atoms with Gasteiger partial charge in [-0.25, -0.2) is 9.97 Å². The number of rotatable bonds is 9. The Morgan fingerprint density at radius 1 is 1.14 bits per heavy atom. The topological polar surface area (TPSA) is 121 Å². The number of amides is 1. The van der Waals surface area contributed by atoms with Crippen LogP contribution in [0.3, 0.4) is 0 Å². The normalized spacial score (nSPS) is 16.7. The molecule has 1 aromatic carbocycles. The van der Waals surface area contributed by atoms with E-state index in [0.29, 0.717) is 23.7 Å². The molecule has 9 heteroatoms. The molecule has 0 radical (unpaired) electrons. The average Bonchev–Trinajstić information content (AvgIpc) is 3.29. The van der Waals surface area contributed by atoms with Crippen molar-refractivity contribution in [3.05, 3.63) is 48.4 Å². The molecule has 0 spiro atoms. The lowest BCUT2D eigenvalue weighted by molar-refractivity contribution is -0.187. The number of aromatic amines is 1. The maximum Gasteiger partial charge on any atom is 0.237 e. The predicted molar refractivity (Wildman–Crippen MR) is 133 cm³/mol. The van der Waals surface area contributed by atoms with Crippen LogP contribution in [0.5, 0.6) is 11.6 Å². The van der Waals surface area contributed by atoms with E-state index in [-0.39, 0.29) is 11.9 Å². The smallest absolute Gasteiger partial charge is 0.237 e. The molecular formula is C26H35N5O4. The lowest BCUT2D eigenvalue weighted by atomic mass is 9.95. The Morgan fingerprint density at radius 2 is 1.89 bits per heavy atom. The van der Waals surface area contributed by atoms with Crippen LogP contribution in [0.1, 0.15) is 58.4 Å². The fraction of sp³-hybridized carbons (Fsp3) is 0.500. The second-order valence-corrected chi connectivity index (χ2v) is 10.0. The minimum Gasteiger partial charge on any atom is -0.438 e. The maximum atomic E-state index is 13.1. The summed E-state index contributed by atoms with van der Waals surface area (Å²) in [5, 5.41) is 17.3. The highest BCUT2D eigenvalue weighted by Crippen LogP contribution is 2.26. The summed E-state index contributed by atoms with van der Waals surface area (Å²) in [5.74, 6) is 0.963. The van der Waals surface area contributed by atoms with Gasteiger partial charge in [0.25, 0.3) is 0 Å². The van der Waals surface area contributed by atoms with Crippen molar-refractivity contribution >= 4 is 16.9 Å². The van der Waals surface area contributed by atoms with Gasteiger partial charge in [-0.1, -0.05) is 31.4 Å². The summed E-state index contributed by atoms with van der Waals surface area (Å²) < 4.78 is 11.5. The van der Waals surface area contributed by atoms with Gasteiger partial charge in [0, 0.05) is 12.2 Å². The Balaban J connectivity index is 1.43. The fourth-order valence-corrected chi connectivity index (χ4v) is 4.29. The first kappa shape index (κ1) is 25.1. The van der Waals surface area contributed by atoms with Gasteiger partial charge in [0.05, 0.1) is 17.0 Å². The zero-order chi connectivity index (χ0) is 24.8. The quantitative estimate of drug-likeness (QED) is 0.343. The van der Waals surface area contributed by atoms with E-state index in [2.05, 4.69) is 25.6 Å². The number of aromatic nitrogens is 3. The van der Waals surface area contributed by atoms with Crippen molar-refractivity contribution in [3.63, 3.8) is 0 Å². The predicted octanol–water partition coefficient (Wildman–Crippen LogP) is 3.79. The van der Waals surface area contributed by atoms with Crippen LogP contribution < -0.4 is 15.4 Å². The van der Waals surface area contributed by atoms with Crippen molar-refractivity contribution in [2.75, 3.05) is 0 Å². The number of H-pyrrole nitrogens is 1. The Hall–Kier alpha value is -3.01. The van der Waals surface area contributed by atoms with Crippen molar-refractivity contribution < 1.29 is 19.4 Å². The van der Waals surface area contributed by atoms with Gasteiger partial charge in [0.15, 0.2) is 0 Å². The standard InChI is InChI=1S/C26H35N5O4/c1-26(2,3)35-25(33)31-21(23(32)30-18-7-5-4-6-8-18)15-17-9-11-19(12-10-17)34-24-20-13-14-27-22(20)28-16-29-24/h9-14,16,18,21,25,31,33H,4-8,15H2,1-3H3,(H,30,32)(H,27,28,29)/t21-,25?/m0/s1. The largest absolute Gasteiger partial charge is 0.438 e. The van der Waals surface area contributed by atoms with Crippen LogP contribution in [-0.2, 0) is 16.0 Å². The third kappa shape index (κ3) is 7.24. The van der Waals surface area contributed by atoms with E-state index < -0.39 is 18.1 Å². The van der Waals surface area contributed by atoms with Crippen LogP contribution >= 0.6 is 0 Å². The summed E-state index contributed by atoms with van der Waals surface area (Å²) in [6.07, 6.45) is 7.81. The third-order valence-electron chi connectivity index (χ3n) is 5.97. The molecule has 1 fully saturated rings. The Morgan fingerprint density at radius 3 is 2.60 bits per heavy atom. The van der Waals surface area contributed by atoms with Crippen LogP contribution in [0.25, 0.3) is 11.0 Å². The van der Waals surface area contributed by atoms with E-state index in [1.165, 1.54) is 12.7 Å². The van der Waals surface area contributed by atoms with E-state index >= 15 is 0 Å². The molecule has 4 rings (SSSR count).